The maximum absolute atomic E-state index is 13.6. The zero-order valence-electron chi connectivity index (χ0n) is 21.0. The highest BCUT2D eigenvalue weighted by molar-refractivity contribution is 7.60. The summed E-state index contributed by atoms with van der Waals surface area (Å²) in [7, 11) is -3.90. The van der Waals surface area contributed by atoms with E-state index in [1.807, 2.05) is 20.8 Å². The van der Waals surface area contributed by atoms with Crippen molar-refractivity contribution in [2.45, 2.75) is 89.2 Å². The highest BCUT2D eigenvalue weighted by Gasteiger charge is 2.65. The first-order chi connectivity index (χ1) is 16.4. The minimum Gasteiger partial charge on any atom is -0.446 e. The lowest BCUT2D eigenvalue weighted by Gasteiger charge is -2.36. The molecule has 2 aliphatic carbocycles. The van der Waals surface area contributed by atoms with Gasteiger partial charge in [-0.3, -0.25) is 14.2 Å². The smallest absolute Gasteiger partial charge is 0.408 e. The summed E-state index contributed by atoms with van der Waals surface area (Å²) in [5.74, 6) is -1.27. The van der Waals surface area contributed by atoms with Crippen LogP contribution in [0.5, 0.6) is 0 Å². The molecular weight excluding hydrogens is 473 g/mol. The van der Waals surface area contributed by atoms with Crippen LogP contribution in [-0.2, 0) is 18.9 Å². The number of hydrogen-bond acceptors (Lipinski definition) is 6. The SMILES string of the molecule is C=C[C@@H]1C[C@]1(NC(=O)[C@@H]1CCCN1C(=O)C(NC(=O)OC1CCCC1)C(C)(C)C)P(=O)(O)CCO. The molecule has 35 heavy (non-hydrogen) atoms. The second-order valence-corrected chi connectivity index (χ2v) is 13.7. The van der Waals surface area contributed by atoms with Crippen LogP contribution in [0.25, 0.3) is 0 Å². The third kappa shape index (κ3) is 5.92. The number of alkyl carbamates (subject to hydrolysis) is 1. The summed E-state index contributed by atoms with van der Waals surface area (Å²) < 4.78 is 18.4. The fourth-order valence-corrected chi connectivity index (χ4v) is 7.31. The number of rotatable bonds is 9. The molecule has 0 aromatic heterocycles. The van der Waals surface area contributed by atoms with Gasteiger partial charge in [0, 0.05) is 18.6 Å². The molecule has 1 heterocycles. The monoisotopic (exact) mass is 513 g/mol. The average Bonchev–Trinajstić information content (AvgIpc) is 3.11. The molecule has 2 saturated carbocycles. The van der Waals surface area contributed by atoms with Gasteiger partial charge in [0.2, 0.25) is 19.2 Å². The lowest BCUT2D eigenvalue weighted by molar-refractivity contribution is -0.142. The largest absolute Gasteiger partial charge is 0.446 e. The highest BCUT2D eigenvalue weighted by Crippen LogP contribution is 2.69. The van der Waals surface area contributed by atoms with Crippen molar-refractivity contribution >= 4 is 25.3 Å². The van der Waals surface area contributed by atoms with Crippen LogP contribution < -0.4 is 10.6 Å². The number of nitrogens with zero attached hydrogens (tertiary/aromatic N) is 1. The number of carbonyl (C=O) groups excluding carboxylic acids is 3. The molecule has 0 spiro atoms. The Labute approximate surface area is 207 Å². The minimum atomic E-state index is -3.90. The lowest BCUT2D eigenvalue weighted by Crippen LogP contribution is -2.58. The van der Waals surface area contributed by atoms with E-state index in [-0.39, 0.29) is 30.5 Å². The fraction of sp³-hybridized carbons (Fsp3) is 0.792. The van der Waals surface area contributed by atoms with Crippen molar-refractivity contribution in [2.24, 2.45) is 11.3 Å². The molecule has 1 aliphatic heterocycles. The van der Waals surface area contributed by atoms with Gasteiger partial charge in [-0.2, -0.15) is 0 Å². The first kappa shape index (κ1) is 27.7. The molecule has 1 saturated heterocycles. The van der Waals surface area contributed by atoms with Crippen LogP contribution in [0.1, 0.15) is 65.7 Å². The molecule has 0 bridgehead atoms. The summed E-state index contributed by atoms with van der Waals surface area (Å²) in [6.45, 7) is 9.06. The first-order valence-electron chi connectivity index (χ1n) is 12.5. The number of aliphatic hydroxyl groups excluding tert-OH is 1. The van der Waals surface area contributed by atoms with Crippen molar-refractivity contribution in [3.05, 3.63) is 12.7 Å². The summed E-state index contributed by atoms with van der Waals surface area (Å²) in [6, 6.07) is -1.73. The number of hydrogen-bond donors (Lipinski definition) is 4. The van der Waals surface area contributed by atoms with E-state index in [0.29, 0.717) is 19.4 Å². The Bertz CT molecular complexity index is 883. The van der Waals surface area contributed by atoms with Crippen molar-refractivity contribution in [1.82, 2.24) is 15.5 Å². The van der Waals surface area contributed by atoms with E-state index >= 15 is 0 Å². The van der Waals surface area contributed by atoms with Gasteiger partial charge in [-0.15, -0.1) is 6.58 Å². The van der Waals surface area contributed by atoms with Crippen LogP contribution in [-0.4, -0.2) is 75.6 Å². The van der Waals surface area contributed by atoms with E-state index in [0.717, 1.165) is 25.7 Å². The summed E-state index contributed by atoms with van der Waals surface area (Å²) in [6.07, 6.45) is 5.34. The Kier molecular flexibility index (Phi) is 8.39. The zero-order chi connectivity index (χ0) is 26.0. The van der Waals surface area contributed by atoms with E-state index in [1.165, 1.54) is 11.0 Å². The van der Waals surface area contributed by atoms with Crippen molar-refractivity contribution in [3.63, 3.8) is 0 Å². The van der Waals surface area contributed by atoms with Gasteiger partial charge in [0.1, 0.15) is 23.5 Å². The standard InChI is InChI=1S/C24H40N3O7P/c1-5-16-15-24(16,35(32,33)14-13-28)26-20(29)18-11-8-12-27(18)21(30)19(23(2,3)4)25-22(31)34-17-9-6-7-10-17/h5,16-19,28H,1,6-15H2,2-4H3,(H,25,31)(H,26,29)(H,32,33)/t16-,18+,19?,24+/m1/s1. The minimum absolute atomic E-state index is 0.142. The summed E-state index contributed by atoms with van der Waals surface area (Å²) >= 11 is 0. The van der Waals surface area contributed by atoms with Crippen LogP contribution >= 0.6 is 7.37 Å². The summed E-state index contributed by atoms with van der Waals surface area (Å²) in [5.41, 5.74) is -0.636. The number of ether oxygens (including phenoxy) is 1. The molecule has 3 aliphatic rings. The van der Waals surface area contributed by atoms with Gasteiger partial charge in [0.15, 0.2) is 0 Å². The van der Waals surface area contributed by atoms with Crippen LogP contribution in [0.4, 0.5) is 4.79 Å². The van der Waals surface area contributed by atoms with Crippen molar-refractivity contribution < 1.29 is 33.7 Å². The number of nitrogens with one attached hydrogen (secondary N) is 2. The van der Waals surface area contributed by atoms with E-state index in [4.69, 9.17) is 4.74 Å². The van der Waals surface area contributed by atoms with Gasteiger partial charge in [-0.25, -0.2) is 4.79 Å². The number of aliphatic hydroxyl groups is 1. The summed E-state index contributed by atoms with van der Waals surface area (Å²) in [4.78, 5) is 51.5. The number of amides is 3. The topological polar surface area (TPSA) is 145 Å². The molecule has 0 aromatic carbocycles. The Morgan fingerprint density at radius 3 is 2.43 bits per heavy atom. The molecule has 10 nitrogen and oxygen atoms in total. The van der Waals surface area contributed by atoms with Crippen LogP contribution in [0.15, 0.2) is 12.7 Å². The van der Waals surface area contributed by atoms with Gasteiger partial charge in [0.25, 0.3) is 0 Å². The second kappa shape index (κ2) is 10.6. The molecule has 5 atom stereocenters. The second-order valence-electron chi connectivity index (χ2n) is 11.1. The summed E-state index contributed by atoms with van der Waals surface area (Å²) in [5, 5.41) is 13.4. The highest BCUT2D eigenvalue weighted by atomic mass is 31.2. The quantitative estimate of drug-likeness (QED) is 0.273. The van der Waals surface area contributed by atoms with E-state index in [9.17, 15) is 28.9 Å². The lowest BCUT2D eigenvalue weighted by atomic mass is 9.85. The van der Waals surface area contributed by atoms with Gasteiger partial charge in [-0.1, -0.05) is 26.8 Å². The predicted octanol–water partition coefficient (Wildman–Crippen LogP) is 2.34. The molecule has 0 aromatic rings. The average molecular weight is 514 g/mol. The maximum Gasteiger partial charge on any atom is 0.408 e. The molecule has 0 radical (unpaired) electrons. The first-order valence-corrected chi connectivity index (χ1v) is 14.4. The third-order valence-corrected chi connectivity index (χ3v) is 10.1. The Morgan fingerprint density at radius 2 is 1.89 bits per heavy atom. The van der Waals surface area contributed by atoms with Gasteiger partial charge >= 0.3 is 6.09 Å². The third-order valence-electron chi connectivity index (χ3n) is 7.42. The van der Waals surface area contributed by atoms with Crippen molar-refractivity contribution in [1.29, 1.82) is 0 Å². The number of carbonyl (C=O) groups is 3. The molecular formula is C24H40N3O7P. The Morgan fingerprint density at radius 1 is 1.23 bits per heavy atom. The van der Waals surface area contributed by atoms with E-state index in [1.54, 1.807) is 0 Å². The van der Waals surface area contributed by atoms with Gasteiger partial charge in [0.05, 0.1) is 6.61 Å². The Balaban J connectivity index is 1.73. The molecule has 3 fully saturated rings. The van der Waals surface area contributed by atoms with E-state index in [2.05, 4.69) is 17.2 Å². The predicted molar refractivity (Wildman–Crippen MR) is 131 cm³/mol. The van der Waals surface area contributed by atoms with Crippen LogP contribution in [0, 0.1) is 11.3 Å². The van der Waals surface area contributed by atoms with Crippen molar-refractivity contribution in [3.8, 4) is 0 Å². The van der Waals surface area contributed by atoms with Gasteiger partial charge in [-0.05, 0) is 50.4 Å². The molecule has 11 heteroatoms. The molecule has 198 valence electrons. The van der Waals surface area contributed by atoms with Crippen LogP contribution in [0.2, 0.25) is 0 Å². The normalized spacial score (nSPS) is 29.2. The van der Waals surface area contributed by atoms with Gasteiger partial charge < -0.3 is 30.3 Å². The Hall–Kier alpha value is -1.90. The maximum atomic E-state index is 13.6. The van der Waals surface area contributed by atoms with Crippen LogP contribution in [0.3, 0.4) is 0 Å². The molecule has 3 rings (SSSR count). The molecule has 2 unspecified atom stereocenters. The van der Waals surface area contributed by atoms with E-state index < -0.39 is 48.8 Å². The van der Waals surface area contributed by atoms with Crippen molar-refractivity contribution in [2.75, 3.05) is 19.3 Å². The fourth-order valence-electron chi connectivity index (χ4n) is 5.25. The molecule has 4 N–H and O–H groups in total. The zero-order valence-corrected chi connectivity index (χ0v) is 21.9. The molecule has 3 amide bonds. The number of likely N-dealkylation sites (tertiary alicyclic amines) is 1.